The van der Waals surface area contributed by atoms with Crippen LogP contribution in [0.4, 0.5) is 0 Å². The molecule has 168 valence electrons. The molecule has 0 atom stereocenters. The van der Waals surface area contributed by atoms with E-state index in [-0.39, 0.29) is 18.0 Å². The molecule has 0 aromatic heterocycles. The average Bonchev–Trinajstić information content (AvgIpc) is 2.76. The Morgan fingerprint density at radius 1 is 0.655 bits per heavy atom. The highest BCUT2D eigenvalue weighted by atomic mass is 16.5. The first kappa shape index (κ1) is 23.1. The number of carbonyl (C=O) groups excluding carboxylic acids is 1. The lowest BCUT2D eigenvalue weighted by atomic mass is 9.68. The first-order chi connectivity index (χ1) is 14.2. The molecule has 0 bridgehead atoms. The SMILES string of the molecule is CCCCCC1CCC([C@H]2CC[C@H](C(=O)OC3CCC(CCC)CC3)CC2)CC1. The molecule has 0 unspecified atom stereocenters. The van der Waals surface area contributed by atoms with E-state index in [0.717, 1.165) is 49.4 Å². The first-order valence-electron chi connectivity index (χ1n) is 13.4. The summed E-state index contributed by atoms with van der Waals surface area (Å²) >= 11 is 0. The lowest BCUT2D eigenvalue weighted by Crippen LogP contribution is -2.32. The van der Waals surface area contributed by atoms with E-state index in [9.17, 15) is 4.79 Å². The molecule has 3 fully saturated rings. The van der Waals surface area contributed by atoms with Crippen molar-refractivity contribution in [2.45, 2.75) is 136 Å². The summed E-state index contributed by atoms with van der Waals surface area (Å²) in [6, 6.07) is 0. The Balaban J connectivity index is 1.31. The maximum Gasteiger partial charge on any atom is 0.309 e. The Hall–Kier alpha value is -0.530. The normalized spacial score (nSPS) is 35.9. The quantitative estimate of drug-likeness (QED) is 0.287. The van der Waals surface area contributed by atoms with Crippen molar-refractivity contribution in [1.82, 2.24) is 0 Å². The van der Waals surface area contributed by atoms with Gasteiger partial charge in [-0.1, -0.05) is 65.2 Å². The number of hydrogen-bond acceptors (Lipinski definition) is 2. The fourth-order valence-electron chi connectivity index (χ4n) is 6.66. The smallest absolute Gasteiger partial charge is 0.309 e. The van der Waals surface area contributed by atoms with Gasteiger partial charge in [0.25, 0.3) is 0 Å². The lowest BCUT2D eigenvalue weighted by Gasteiger charge is -2.38. The molecule has 0 heterocycles. The summed E-state index contributed by atoms with van der Waals surface area (Å²) in [4.78, 5) is 12.7. The molecule has 0 radical (unpaired) electrons. The third-order valence-corrected chi connectivity index (χ3v) is 8.65. The standard InChI is InChI=1S/C27H48O2/c1-3-5-6-8-22-9-13-23(14-10-22)24-15-17-25(18-16-24)27(28)29-26-19-11-21(7-4-2)12-20-26/h21-26H,3-20H2,1-2H3/t21?,22?,23?,24-,25-,26?. The Labute approximate surface area is 180 Å². The lowest BCUT2D eigenvalue weighted by molar-refractivity contribution is -0.157. The zero-order valence-electron chi connectivity index (χ0n) is 19.5. The Bertz CT molecular complexity index is 449. The number of esters is 1. The number of unbranched alkanes of at least 4 members (excludes halogenated alkanes) is 2. The zero-order valence-corrected chi connectivity index (χ0v) is 19.5. The van der Waals surface area contributed by atoms with Crippen molar-refractivity contribution in [2.24, 2.45) is 29.6 Å². The molecule has 3 rings (SSSR count). The molecule has 3 aliphatic carbocycles. The fourth-order valence-corrected chi connectivity index (χ4v) is 6.66. The van der Waals surface area contributed by atoms with Gasteiger partial charge in [0.1, 0.15) is 6.10 Å². The van der Waals surface area contributed by atoms with Crippen LogP contribution in [0.1, 0.15) is 129 Å². The highest BCUT2D eigenvalue weighted by molar-refractivity contribution is 5.72. The third-order valence-electron chi connectivity index (χ3n) is 8.65. The van der Waals surface area contributed by atoms with Crippen LogP contribution in [0.5, 0.6) is 0 Å². The minimum Gasteiger partial charge on any atom is -0.462 e. The largest absolute Gasteiger partial charge is 0.462 e. The predicted molar refractivity (Wildman–Crippen MR) is 122 cm³/mol. The monoisotopic (exact) mass is 404 g/mol. The van der Waals surface area contributed by atoms with Crippen LogP contribution in [0.25, 0.3) is 0 Å². The maximum absolute atomic E-state index is 12.7. The van der Waals surface area contributed by atoms with Crippen molar-refractivity contribution in [3.05, 3.63) is 0 Å². The molecule has 0 amide bonds. The molecule has 3 aliphatic rings. The van der Waals surface area contributed by atoms with Gasteiger partial charge in [-0.2, -0.15) is 0 Å². The van der Waals surface area contributed by atoms with Gasteiger partial charge in [0.15, 0.2) is 0 Å². The van der Waals surface area contributed by atoms with Gasteiger partial charge in [-0.05, 0) is 87.9 Å². The van der Waals surface area contributed by atoms with Gasteiger partial charge in [0, 0.05) is 0 Å². The van der Waals surface area contributed by atoms with Gasteiger partial charge >= 0.3 is 5.97 Å². The van der Waals surface area contributed by atoms with Crippen molar-refractivity contribution in [3.63, 3.8) is 0 Å². The highest BCUT2D eigenvalue weighted by Crippen LogP contribution is 2.42. The molecule has 29 heavy (non-hydrogen) atoms. The van der Waals surface area contributed by atoms with Crippen LogP contribution in [-0.2, 0) is 9.53 Å². The second-order valence-corrected chi connectivity index (χ2v) is 10.8. The number of rotatable bonds is 9. The van der Waals surface area contributed by atoms with Gasteiger partial charge in [0.05, 0.1) is 5.92 Å². The number of hydrogen-bond donors (Lipinski definition) is 0. The molecule has 0 aromatic rings. The second-order valence-electron chi connectivity index (χ2n) is 10.8. The molecule has 3 saturated carbocycles. The summed E-state index contributed by atoms with van der Waals surface area (Å²) in [6.07, 6.45) is 23.8. The molecular formula is C27H48O2. The summed E-state index contributed by atoms with van der Waals surface area (Å²) in [7, 11) is 0. The van der Waals surface area contributed by atoms with Crippen LogP contribution in [0.3, 0.4) is 0 Å². The summed E-state index contributed by atoms with van der Waals surface area (Å²) < 4.78 is 5.96. The van der Waals surface area contributed by atoms with Gasteiger partial charge in [-0.25, -0.2) is 0 Å². The van der Waals surface area contributed by atoms with E-state index in [0.29, 0.717) is 0 Å². The number of carbonyl (C=O) groups is 1. The van der Waals surface area contributed by atoms with Crippen LogP contribution in [0.2, 0.25) is 0 Å². The number of ether oxygens (including phenoxy) is 1. The minimum atomic E-state index is 0.141. The van der Waals surface area contributed by atoms with Crippen molar-refractivity contribution in [2.75, 3.05) is 0 Å². The predicted octanol–water partition coefficient (Wildman–Crippen LogP) is 8.08. The topological polar surface area (TPSA) is 26.3 Å². The van der Waals surface area contributed by atoms with E-state index < -0.39 is 0 Å². The second kappa shape index (κ2) is 12.4. The molecule has 2 heteroatoms. The van der Waals surface area contributed by atoms with Crippen LogP contribution in [-0.4, -0.2) is 12.1 Å². The van der Waals surface area contributed by atoms with Crippen LogP contribution in [0.15, 0.2) is 0 Å². The molecular weight excluding hydrogens is 356 g/mol. The molecule has 0 aromatic carbocycles. The molecule has 0 saturated heterocycles. The minimum absolute atomic E-state index is 0.141. The third kappa shape index (κ3) is 7.28. The Kier molecular flexibility index (Phi) is 9.86. The van der Waals surface area contributed by atoms with E-state index in [2.05, 4.69) is 13.8 Å². The summed E-state index contributed by atoms with van der Waals surface area (Å²) in [6.45, 7) is 4.59. The summed E-state index contributed by atoms with van der Waals surface area (Å²) in [5.41, 5.74) is 0. The Morgan fingerprint density at radius 3 is 1.79 bits per heavy atom. The molecule has 0 N–H and O–H groups in total. The van der Waals surface area contributed by atoms with Crippen LogP contribution in [0, 0.1) is 29.6 Å². The molecule has 2 nitrogen and oxygen atoms in total. The van der Waals surface area contributed by atoms with Crippen molar-refractivity contribution >= 4 is 5.97 Å². The highest BCUT2D eigenvalue weighted by Gasteiger charge is 2.34. The van der Waals surface area contributed by atoms with Crippen molar-refractivity contribution in [3.8, 4) is 0 Å². The van der Waals surface area contributed by atoms with Gasteiger partial charge in [-0.3, -0.25) is 4.79 Å². The van der Waals surface area contributed by atoms with Gasteiger partial charge < -0.3 is 4.74 Å². The van der Waals surface area contributed by atoms with E-state index >= 15 is 0 Å². The van der Waals surface area contributed by atoms with Crippen molar-refractivity contribution < 1.29 is 9.53 Å². The van der Waals surface area contributed by atoms with Crippen LogP contribution >= 0.6 is 0 Å². The molecule has 0 spiro atoms. The summed E-state index contributed by atoms with van der Waals surface area (Å²) in [5.74, 6) is 4.07. The van der Waals surface area contributed by atoms with E-state index in [4.69, 9.17) is 4.74 Å². The van der Waals surface area contributed by atoms with Crippen LogP contribution < -0.4 is 0 Å². The first-order valence-corrected chi connectivity index (χ1v) is 13.4. The van der Waals surface area contributed by atoms with E-state index in [1.807, 2.05) is 0 Å². The van der Waals surface area contributed by atoms with E-state index in [1.165, 1.54) is 89.9 Å². The van der Waals surface area contributed by atoms with Gasteiger partial charge in [-0.15, -0.1) is 0 Å². The average molecular weight is 405 g/mol. The summed E-state index contributed by atoms with van der Waals surface area (Å²) in [5, 5.41) is 0. The molecule has 0 aliphatic heterocycles. The maximum atomic E-state index is 12.7. The zero-order chi connectivity index (χ0) is 20.5. The van der Waals surface area contributed by atoms with Crippen molar-refractivity contribution in [1.29, 1.82) is 0 Å². The van der Waals surface area contributed by atoms with E-state index in [1.54, 1.807) is 0 Å². The Morgan fingerprint density at radius 2 is 1.21 bits per heavy atom. The van der Waals surface area contributed by atoms with Gasteiger partial charge in [0.2, 0.25) is 0 Å². The fraction of sp³-hybridized carbons (Fsp3) is 0.963.